The fourth-order valence-corrected chi connectivity index (χ4v) is 3.41. The van der Waals surface area contributed by atoms with E-state index < -0.39 is 15.9 Å². The van der Waals surface area contributed by atoms with Crippen LogP contribution in [0.4, 0.5) is 5.69 Å². The van der Waals surface area contributed by atoms with E-state index in [2.05, 4.69) is 21.3 Å². The first-order chi connectivity index (χ1) is 13.4. The molecule has 3 N–H and O–H groups in total. The number of carbonyl (C=O) groups excluding carboxylic acids is 2. The van der Waals surface area contributed by atoms with Gasteiger partial charge in [-0.3, -0.25) is 9.59 Å². The molecule has 2 aromatic carbocycles. The number of terminal acetylenes is 1. The molecule has 2 rings (SSSR count). The molecular formula is C20H21N3O4S. The topological polar surface area (TPSA) is 104 Å². The molecule has 0 saturated heterocycles. The van der Waals surface area contributed by atoms with E-state index in [0.29, 0.717) is 5.69 Å². The van der Waals surface area contributed by atoms with Crippen LogP contribution in [0, 0.1) is 12.3 Å². The lowest BCUT2D eigenvalue weighted by atomic mass is 10.1. The highest BCUT2D eigenvalue weighted by molar-refractivity contribution is 7.89. The van der Waals surface area contributed by atoms with E-state index in [1.165, 1.54) is 24.3 Å². The molecule has 0 aliphatic carbocycles. The predicted octanol–water partition coefficient (Wildman–Crippen LogP) is 1.53. The summed E-state index contributed by atoms with van der Waals surface area (Å²) in [6.07, 6.45) is 5.82. The Hall–Kier alpha value is -3.15. The number of anilines is 1. The minimum atomic E-state index is -3.81. The highest BCUT2D eigenvalue weighted by atomic mass is 32.2. The zero-order chi connectivity index (χ0) is 20.6. The quantitative estimate of drug-likeness (QED) is 0.586. The zero-order valence-corrected chi connectivity index (χ0v) is 16.2. The molecule has 2 aromatic rings. The number of rotatable bonds is 8. The number of nitrogens with one attached hydrogen (secondary N) is 3. The number of sulfonamides is 1. The van der Waals surface area contributed by atoms with Crippen molar-refractivity contribution in [1.29, 1.82) is 0 Å². The number of benzene rings is 2. The van der Waals surface area contributed by atoms with Crippen molar-refractivity contribution in [3.63, 3.8) is 0 Å². The number of hydrogen-bond donors (Lipinski definition) is 3. The maximum atomic E-state index is 12.3. The lowest BCUT2D eigenvalue weighted by molar-refractivity contribution is -0.115. The average Bonchev–Trinajstić information content (AvgIpc) is 2.71. The first kappa shape index (κ1) is 21.2. The zero-order valence-electron chi connectivity index (χ0n) is 15.4. The predicted molar refractivity (Wildman–Crippen MR) is 107 cm³/mol. The van der Waals surface area contributed by atoms with Gasteiger partial charge >= 0.3 is 0 Å². The van der Waals surface area contributed by atoms with Crippen molar-refractivity contribution in [3.05, 3.63) is 59.7 Å². The summed E-state index contributed by atoms with van der Waals surface area (Å²) >= 11 is 0. The van der Waals surface area contributed by atoms with Crippen molar-refractivity contribution < 1.29 is 18.0 Å². The van der Waals surface area contributed by atoms with E-state index in [0.717, 1.165) is 12.0 Å². The fraction of sp³-hybridized carbons (Fsp3) is 0.200. The van der Waals surface area contributed by atoms with E-state index in [1.807, 2.05) is 25.1 Å². The van der Waals surface area contributed by atoms with Crippen LogP contribution in [0.3, 0.4) is 0 Å². The van der Waals surface area contributed by atoms with Crippen molar-refractivity contribution in [2.75, 3.05) is 18.4 Å². The molecule has 7 nitrogen and oxygen atoms in total. The Labute approximate surface area is 164 Å². The SMILES string of the molecule is C#CCNS(=O)(=O)c1cccc(C(=O)NCC(=O)Nc2ccccc2CC)c1. The number of amides is 2. The monoisotopic (exact) mass is 399 g/mol. The Bertz CT molecular complexity index is 1010. The Morgan fingerprint density at radius 1 is 1.11 bits per heavy atom. The third-order valence-corrected chi connectivity index (χ3v) is 5.25. The summed E-state index contributed by atoms with van der Waals surface area (Å²) in [6, 6.07) is 12.9. The van der Waals surface area contributed by atoms with Gasteiger partial charge in [0.25, 0.3) is 5.91 Å². The first-order valence-electron chi connectivity index (χ1n) is 8.56. The average molecular weight is 399 g/mol. The highest BCUT2D eigenvalue weighted by Crippen LogP contribution is 2.15. The lowest BCUT2D eigenvalue weighted by Gasteiger charge is -2.11. The second-order valence-corrected chi connectivity index (χ2v) is 7.57. The molecule has 0 heterocycles. The minimum absolute atomic E-state index is 0.0864. The molecule has 0 aliphatic heterocycles. The summed E-state index contributed by atoms with van der Waals surface area (Å²) in [5.41, 5.74) is 1.79. The first-order valence-corrected chi connectivity index (χ1v) is 10.0. The molecule has 0 atom stereocenters. The van der Waals surface area contributed by atoms with E-state index in [4.69, 9.17) is 6.42 Å². The van der Waals surface area contributed by atoms with Crippen LogP contribution in [-0.4, -0.2) is 33.3 Å². The summed E-state index contributed by atoms with van der Waals surface area (Å²) in [6.45, 7) is 1.58. The van der Waals surface area contributed by atoms with E-state index in [1.54, 1.807) is 6.07 Å². The molecule has 146 valence electrons. The van der Waals surface area contributed by atoms with Crippen molar-refractivity contribution in [3.8, 4) is 12.3 Å². The molecule has 0 radical (unpaired) electrons. The van der Waals surface area contributed by atoms with E-state index in [-0.39, 0.29) is 29.5 Å². The molecule has 0 fully saturated rings. The van der Waals surface area contributed by atoms with Gasteiger partial charge in [-0.1, -0.05) is 37.1 Å². The summed E-state index contributed by atoms with van der Waals surface area (Å²) < 4.78 is 26.4. The van der Waals surface area contributed by atoms with Crippen molar-refractivity contribution in [2.24, 2.45) is 0 Å². The van der Waals surface area contributed by atoms with Gasteiger partial charge in [-0.25, -0.2) is 8.42 Å². The molecule has 2 amide bonds. The minimum Gasteiger partial charge on any atom is -0.343 e. The Morgan fingerprint density at radius 2 is 1.86 bits per heavy atom. The van der Waals surface area contributed by atoms with Gasteiger partial charge < -0.3 is 10.6 Å². The van der Waals surface area contributed by atoms with Gasteiger partial charge in [-0.2, -0.15) is 4.72 Å². The molecule has 0 aromatic heterocycles. The molecule has 28 heavy (non-hydrogen) atoms. The Balaban J connectivity index is 2.01. The van der Waals surface area contributed by atoms with Crippen LogP contribution in [-0.2, 0) is 21.2 Å². The standard InChI is InChI=1S/C20H21N3O4S/c1-3-12-22-28(26,27)17-10-7-9-16(13-17)20(25)21-14-19(24)23-18-11-6-5-8-15(18)4-2/h1,5-11,13,22H,4,12,14H2,2H3,(H,21,25)(H,23,24). The van der Waals surface area contributed by atoms with Crippen LogP contribution in [0.2, 0.25) is 0 Å². The van der Waals surface area contributed by atoms with E-state index >= 15 is 0 Å². The van der Waals surface area contributed by atoms with Crippen molar-refractivity contribution in [1.82, 2.24) is 10.0 Å². The maximum absolute atomic E-state index is 12.3. The lowest BCUT2D eigenvalue weighted by Crippen LogP contribution is -2.33. The smallest absolute Gasteiger partial charge is 0.251 e. The van der Waals surface area contributed by atoms with Crippen LogP contribution in [0.1, 0.15) is 22.8 Å². The Morgan fingerprint density at radius 3 is 2.57 bits per heavy atom. The summed E-state index contributed by atoms with van der Waals surface area (Å²) in [4.78, 5) is 24.3. The molecule has 8 heteroatoms. The second kappa shape index (κ2) is 9.69. The van der Waals surface area contributed by atoms with Crippen LogP contribution < -0.4 is 15.4 Å². The third kappa shape index (κ3) is 5.67. The van der Waals surface area contributed by atoms with Gasteiger partial charge in [0.2, 0.25) is 15.9 Å². The second-order valence-electron chi connectivity index (χ2n) is 5.80. The van der Waals surface area contributed by atoms with E-state index in [9.17, 15) is 18.0 Å². The highest BCUT2D eigenvalue weighted by Gasteiger charge is 2.16. The number of hydrogen-bond acceptors (Lipinski definition) is 4. The summed E-state index contributed by atoms with van der Waals surface area (Å²) in [5.74, 6) is 1.23. The maximum Gasteiger partial charge on any atom is 0.251 e. The number of aryl methyl sites for hydroxylation is 1. The number of carbonyl (C=O) groups is 2. The molecule has 0 aliphatic rings. The van der Waals surface area contributed by atoms with Gasteiger partial charge in [0.1, 0.15) is 0 Å². The Kier molecular flexibility index (Phi) is 7.32. The van der Waals surface area contributed by atoms with Gasteiger partial charge in [-0.15, -0.1) is 6.42 Å². The summed E-state index contributed by atoms with van der Waals surface area (Å²) in [7, 11) is -3.81. The molecule has 0 bridgehead atoms. The van der Waals surface area contributed by atoms with Crippen LogP contribution in [0.25, 0.3) is 0 Å². The number of para-hydroxylation sites is 1. The molecule has 0 spiro atoms. The largest absolute Gasteiger partial charge is 0.343 e. The van der Waals surface area contributed by atoms with Crippen LogP contribution in [0.5, 0.6) is 0 Å². The van der Waals surface area contributed by atoms with Gasteiger partial charge in [0, 0.05) is 11.3 Å². The van der Waals surface area contributed by atoms with Crippen LogP contribution >= 0.6 is 0 Å². The van der Waals surface area contributed by atoms with Gasteiger partial charge in [0.15, 0.2) is 0 Å². The van der Waals surface area contributed by atoms with Crippen LogP contribution in [0.15, 0.2) is 53.4 Å². The molecule has 0 saturated carbocycles. The van der Waals surface area contributed by atoms with Gasteiger partial charge in [-0.05, 0) is 36.2 Å². The van der Waals surface area contributed by atoms with Gasteiger partial charge in [0.05, 0.1) is 18.0 Å². The normalized spacial score (nSPS) is 10.7. The fourth-order valence-electron chi connectivity index (χ4n) is 2.43. The van der Waals surface area contributed by atoms with Crippen molar-refractivity contribution in [2.45, 2.75) is 18.2 Å². The molecule has 0 unspecified atom stereocenters. The summed E-state index contributed by atoms with van der Waals surface area (Å²) in [5, 5.41) is 5.23. The molecular weight excluding hydrogens is 378 g/mol. The third-order valence-electron chi connectivity index (χ3n) is 3.85. The van der Waals surface area contributed by atoms with Crippen molar-refractivity contribution >= 4 is 27.5 Å².